The smallest absolute Gasteiger partial charge is 0.227 e. The van der Waals surface area contributed by atoms with E-state index in [9.17, 15) is 4.79 Å². The van der Waals surface area contributed by atoms with Crippen LogP contribution in [0.15, 0.2) is 30.5 Å². The molecule has 1 N–H and O–H groups in total. The summed E-state index contributed by atoms with van der Waals surface area (Å²) in [4.78, 5) is 20.9. The average molecular weight is 281 g/mol. The number of anilines is 2. The molecule has 0 unspecified atom stereocenters. The summed E-state index contributed by atoms with van der Waals surface area (Å²) in [5.41, 5.74) is 3.62. The summed E-state index contributed by atoms with van der Waals surface area (Å²) in [6.07, 6.45) is 3.02. The molecule has 3 rings (SSSR count). The van der Waals surface area contributed by atoms with Crippen LogP contribution in [0, 0.1) is 12.3 Å². The number of rotatable bonds is 2. The molecule has 0 saturated heterocycles. The van der Waals surface area contributed by atoms with E-state index in [4.69, 9.17) is 0 Å². The summed E-state index contributed by atoms with van der Waals surface area (Å²) in [6, 6.07) is 8.05. The lowest BCUT2D eigenvalue weighted by atomic mass is 9.76. The third-order valence-corrected chi connectivity index (χ3v) is 3.73. The van der Waals surface area contributed by atoms with Crippen molar-refractivity contribution in [3.05, 3.63) is 47.3 Å². The number of aromatic nitrogens is 2. The Morgan fingerprint density at radius 2 is 2.05 bits per heavy atom. The highest BCUT2D eigenvalue weighted by molar-refractivity contribution is 5.98. The molecule has 1 aromatic carbocycles. The summed E-state index contributed by atoms with van der Waals surface area (Å²) in [6.45, 7) is 6.24. The second-order valence-corrected chi connectivity index (χ2v) is 6.49. The number of ketones is 1. The SMILES string of the molecule is Cc1cccc(Nc2ncc3c(n2)CC(C)(C)CC3=O)c1. The molecule has 0 atom stereocenters. The number of benzene rings is 1. The predicted octanol–water partition coefficient (Wildman–Crippen LogP) is 3.68. The van der Waals surface area contributed by atoms with Gasteiger partial charge in [0.1, 0.15) is 0 Å². The van der Waals surface area contributed by atoms with Crippen molar-refractivity contribution in [3.63, 3.8) is 0 Å². The molecule has 1 aromatic heterocycles. The molecule has 0 bridgehead atoms. The molecule has 4 heteroatoms. The largest absolute Gasteiger partial charge is 0.324 e. The first kappa shape index (κ1) is 13.7. The molecular formula is C17H19N3O. The van der Waals surface area contributed by atoms with Gasteiger partial charge in [-0.3, -0.25) is 4.79 Å². The number of nitrogens with one attached hydrogen (secondary N) is 1. The van der Waals surface area contributed by atoms with E-state index in [-0.39, 0.29) is 11.2 Å². The van der Waals surface area contributed by atoms with Crippen molar-refractivity contribution < 1.29 is 4.79 Å². The van der Waals surface area contributed by atoms with E-state index in [0.29, 0.717) is 17.9 Å². The van der Waals surface area contributed by atoms with E-state index in [1.807, 2.05) is 31.2 Å². The fourth-order valence-corrected chi connectivity index (χ4v) is 2.74. The Bertz CT molecular complexity index is 707. The van der Waals surface area contributed by atoms with Gasteiger partial charge in [0.2, 0.25) is 5.95 Å². The number of nitrogens with zero attached hydrogens (tertiary/aromatic N) is 2. The Kier molecular flexibility index (Phi) is 3.24. The van der Waals surface area contributed by atoms with Crippen molar-refractivity contribution >= 4 is 17.4 Å². The van der Waals surface area contributed by atoms with Crippen LogP contribution in [-0.2, 0) is 6.42 Å². The lowest BCUT2D eigenvalue weighted by molar-refractivity contribution is 0.0910. The normalized spacial score (nSPS) is 16.4. The van der Waals surface area contributed by atoms with E-state index in [2.05, 4.69) is 29.1 Å². The summed E-state index contributed by atoms with van der Waals surface area (Å²) < 4.78 is 0. The molecule has 1 heterocycles. The van der Waals surface area contributed by atoms with Gasteiger partial charge in [0.15, 0.2) is 5.78 Å². The van der Waals surface area contributed by atoms with Crippen LogP contribution < -0.4 is 5.32 Å². The number of fused-ring (bicyclic) bond motifs is 1. The molecule has 21 heavy (non-hydrogen) atoms. The number of carbonyl (C=O) groups excluding carboxylic acids is 1. The summed E-state index contributed by atoms with van der Waals surface area (Å²) >= 11 is 0. The molecule has 4 nitrogen and oxygen atoms in total. The molecule has 1 aliphatic carbocycles. The zero-order chi connectivity index (χ0) is 15.0. The first-order valence-electron chi connectivity index (χ1n) is 7.16. The minimum absolute atomic E-state index is 0.0287. The van der Waals surface area contributed by atoms with Crippen molar-refractivity contribution in [3.8, 4) is 0 Å². The monoisotopic (exact) mass is 281 g/mol. The van der Waals surface area contributed by atoms with Crippen LogP contribution in [0.1, 0.15) is 41.9 Å². The number of Topliss-reactive ketones (excluding diaryl/α,β-unsaturated/α-hetero) is 1. The van der Waals surface area contributed by atoms with Crippen molar-refractivity contribution in [2.75, 3.05) is 5.32 Å². The van der Waals surface area contributed by atoms with Crippen molar-refractivity contribution in [1.29, 1.82) is 0 Å². The van der Waals surface area contributed by atoms with E-state index >= 15 is 0 Å². The minimum atomic E-state index is -0.0287. The lowest BCUT2D eigenvalue weighted by Crippen LogP contribution is -2.28. The Labute approximate surface area is 124 Å². The number of hydrogen-bond acceptors (Lipinski definition) is 4. The fraction of sp³-hybridized carbons (Fsp3) is 0.353. The Morgan fingerprint density at radius 3 is 2.81 bits per heavy atom. The molecule has 0 aliphatic heterocycles. The molecule has 108 valence electrons. The van der Waals surface area contributed by atoms with Gasteiger partial charge < -0.3 is 5.32 Å². The van der Waals surface area contributed by atoms with Gasteiger partial charge in [0, 0.05) is 18.3 Å². The predicted molar refractivity (Wildman–Crippen MR) is 82.9 cm³/mol. The van der Waals surface area contributed by atoms with Gasteiger partial charge in [-0.25, -0.2) is 9.97 Å². The zero-order valence-corrected chi connectivity index (χ0v) is 12.6. The summed E-state index contributed by atoms with van der Waals surface area (Å²) in [5, 5.41) is 3.20. The van der Waals surface area contributed by atoms with Crippen molar-refractivity contribution in [2.45, 2.75) is 33.6 Å². The minimum Gasteiger partial charge on any atom is -0.324 e. The highest BCUT2D eigenvalue weighted by Crippen LogP contribution is 2.33. The molecule has 0 radical (unpaired) electrons. The highest BCUT2D eigenvalue weighted by atomic mass is 16.1. The molecule has 0 spiro atoms. The van der Waals surface area contributed by atoms with Gasteiger partial charge in [-0.2, -0.15) is 0 Å². The van der Waals surface area contributed by atoms with E-state index in [0.717, 1.165) is 17.8 Å². The van der Waals surface area contributed by atoms with Gasteiger partial charge in [-0.05, 0) is 36.5 Å². The average Bonchev–Trinajstić information content (AvgIpc) is 2.36. The first-order valence-corrected chi connectivity index (χ1v) is 7.16. The van der Waals surface area contributed by atoms with Crippen LogP contribution in [0.5, 0.6) is 0 Å². The standard InChI is InChI=1S/C17H19N3O/c1-11-5-4-6-12(7-11)19-16-18-10-13-14(20-16)8-17(2,3)9-15(13)21/h4-7,10H,8-9H2,1-3H3,(H,18,19,20). The molecule has 0 saturated carbocycles. The van der Waals surface area contributed by atoms with Crippen molar-refractivity contribution in [2.24, 2.45) is 5.41 Å². The van der Waals surface area contributed by atoms with Crippen LogP contribution >= 0.6 is 0 Å². The Morgan fingerprint density at radius 1 is 1.24 bits per heavy atom. The highest BCUT2D eigenvalue weighted by Gasteiger charge is 2.32. The molecule has 0 amide bonds. The zero-order valence-electron chi connectivity index (χ0n) is 12.6. The second-order valence-electron chi connectivity index (χ2n) is 6.49. The van der Waals surface area contributed by atoms with Gasteiger partial charge in [0.05, 0.1) is 11.3 Å². The molecule has 0 fully saturated rings. The molecule has 1 aliphatic rings. The van der Waals surface area contributed by atoms with Crippen LogP contribution in [0.3, 0.4) is 0 Å². The second kappa shape index (κ2) is 4.95. The van der Waals surface area contributed by atoms with Crippen molar-refractivity contribution in [1.82, 2.24) is 9.97 Å². The maximum Gasteiger partial charge on any atom is 0.227 e. The lowest BCUT2D eigenvalue weighted by Gasteiger charge is -2.29. The maximum atomic E-state index is 12.1. The fourth-order valence-electron chi connectivity index (χ4n) is 2.74. The van der Waals surface area contributed by atoms with Gasteiger partial charge in [-0.1, -0.05) is 26.0 Å². The third kappa shape index (κ3) is 2.94. The van der Waals surface area contributed by atoms with Crippen LogP contribution in [0.2, 0.25) is 0 Å². The van der Waals surface area contributed by atoms with Crippen LogP contribution in [-0.4, -0.2) is 15.8 Å². The third-order valence-electron chi connectivity index (χ3n) is 3.73. The van der Waals surface area contributed by atoms with E-state index in [1.54, 1.807) is 6.20 Å². The molecular weight excluding hydrogens is 262 g/mol. The van der Waals surface area contributed by atoms with Crippen LogP contribution in [0.4, 0.5) is 11.6 Å². The van der Waals surface area contributed by atoms with E-state index < -0.39 is 0 Å². The quantitative estimate of drug-likeness (QED) is 0.912. The number of carbonyl (C=O) groups is 1. The maximum absolute atomic E-state index is 12.1. The number of aryl methyl sites for hydroxylation is 1. The van der Waals surface area contributed by atoms with Crippen LogP contribution in [0.25, 0.3) is 0 Å². The number of hydrogen-bond donors (Lipinski definition) is 1. The summed E-state index contributed by atoms with van der Waals surface area (Å²) in [7, 11) is 0. The topological polar surface area (TPSA) is 54.9 Å². The van der Waals surface area contributed by atoms with Gasteiger partial charge >= 0.3 is 0 Å². The van der Waals surface area contributed by atoms with E-state index in [1.165, 1.54) is 5.56 Å². The first-order chi connectivity index (χ1) is 9.93. The van der Waals surface area contributed by atoms with Gasteiger partial charge in [0.25, 0.3) is 0 Å². The molecule has 2 aromatic rings. The Hall–Kier alpha value is -2.23. The van der Waals surface area contributed by atoms with Gasteiger partial charge in [-0.15, -0.1) is 0 Å². The summed E-state index contributed by atoms with van der Waals surface area (Å²) in [5.74, 6) is 0.688. The Balaban J connectivity index is 1.91.